The summed E-state index contributed by atoms with van der Waals surface area (Å²) in [5.74, 6) is -0.0867. The van der Waals surface area contributed by atoms with Crippen molar-refractivity contribution in [2.75, 3.05) is 16.8 Å². The van der Waals surface area contributed by atoms with Gasteiger partial charge < -0.3 is 10.2 Å². The standard InChI is InChI=1S/C22H26N2O2/c1-14(2)19-7-5-6-8-20(19)23-22(26)17-12-21(25)24(13-17)18-10-9-15(3)16(4)11-18/h5-11,14,17H,12-13H2,1-4H3,(H,23,26). The van der Waals surface area contributed by atoms with Gasteiger partial charge in [0, 0.05) is 24.3 Å². The molecular formula is C22H26N2O2. The molecule has 0 spiro atoms. The Morgan fingerprint density at radius 2 is 1.85 bits per heavy atom. The van der Waals surface area contributed by atoms with Gasteiger partial charge in [-0.15, -0.1) is 0 Å². The van der Waals surface area contributed by atoms with Crippen molar-refractivity contribution in [2.24, 2.45) is 5.92 Å². The first-order chi connectivity index (χ1) is 12.4. The zero-order valence-corrected chi connectivity index (χ0v) is 15.9. The predicted octanol–water partition coefficient (Wildman–Crippen LogP) is 4.42. The summed E-state index contributed by atoms with van der Waals surface area (Å²) in [7, 11) is 0. The number of nitrogens with one attached hydrogen (secondary N) is 1. The van der Waals surface area contributed by atoms with Gasteiger partial charge in [-0.3, -0.25) is 9.59 Å². The minimum Gasteiger partial charge on any atom is -0.326 e. The predicted molar refractivity (Wildman–Crippen MR) is 106 cm³/mol. The molecule has 4 heteroatoms. The Balaban J connectivity index is 1.74. The Hall–Kier alpha value is -2.62. The highest BCUT2D eigenvalue weighted by Crippen LogP contribution is 2.29. The van der Waals surface area contributed by atoms with Gasteiger partial charge >= 0.3 is 0 Å². The minimum absolute atomic E-state index is 0.00514. The molecule has 26 heavy (non-hydrogen) atoms. The second-order valence-electron chi connectivity index (χ2n) is 7.41. The van der Waals surface area contributed by atoms with Gasteiger partial charge in [0.05, 0.1) is 5.92 Å². The number of carbonyl (C=O) groups excluding carboxylic acids is 2. The van der Waals surface area contributed by atoms with E-state index in [9.17, 15) is 9.59 Å². The molecule has 1 heterocycles. The second-order valence-corrected chi connectivity index (χ2v) is 7.41. The lowest BCUT2D eigenvalue weighted by molar-refractivity contribution is -0.122. The van der Waals surface area contributed by atoms with E-state index in [1.807, 2.05) is 56.3 Å². The molecule has 1 aliphatic heterocycles. The quantitative estimate of drug-likeness (QED) is 0.887. The van der Waals surface area contributed by atoms with Crippen LogP contribution in [0.15, 0.2) is 42.5 Å². The average Bonchev–Trinajstić information content (AvgIpc) is 2.99. The van der Waals surface area contributed by atoms with Crippen LogP contribution in [0.4, 0.5) is 11.4 Å². The van der Waals surface area contributed by atoms with E-state index in [4.69, 9.17) is 0 Å². The summed E-state index contributed by atoms with van der Waals surface area (Å²) in [4.78, 5) is 26.9. The molecule has 0 aliphatic carbocycles. The average molecular weight is 350 g/mol. The normalized spacial score (nSPS) is 17.0. The van der Waals surface area contributed by atoms with Gasteiger partial charge in [-0.05, 0) is 54.7 Å². The molecule has 0 radical (unpaired) electrons. The fourth-order valence-electron chi connectivity index (χ4n) is 3.38. The Morgan fingerprint density at radius 1 is 1.12 bits per heavy atom. The van der Waals surface area contributed by atoms with E-state index >= 15 is 0 Å². The highest BCUT2D eigenvalue weighted by molar-refractivity contribution is 6.03. The number of nitrogens with zero attached hydrogens (tertiary/aromatic N) is 1. The summed E-state index contributed by atoms with van der Waals surface area (Å²) in [6.45, 7) is 8.72. The number of benzene rings is 2. The van der Waals surface area contributed by atoms with Crippen LogP contribution in [0.2, 0.25) is 0 Å². The van der Waals surface area contributed by atoms with Gasteiger partial charge in [0.15, 0.2) is 0 Å². The Labute approximate surface area is 155 Å². The van der Waals surface area contributed by atoms with E-state index < -0.39 is 0 Å². The molecule has 0 saturated carbocycles. The van der Waals surface area contributed by atoms with Gasteiger partial charge in [0.25, 0.3) is 0 Å². The van der Waals surface area contributed by atoms with Gasteiger partial charge in [0.2, 0.25) is 11.8 Å². The van der Waals surface area contributed by atoms with Crippen molar-refractivity contribution in [1.29, 1.82) is 0 Å². The molecule has 0 aromatic heterocycles. The summed E-state index contributed by atoms with van der Waals surface area (Å²) in [5, 5.41) is 3.03. The summed E-state index contributed by atoms with van der Waals surface area (Å²) < 4.78 is 0. The highest BCUT2D eigenvalue weighted by atomic mass is 16.2. The summed E-state index contributed by atoms with van der Waals surface area (Å²) in [5.41, 5.74) is 5.16. The van der Waals surface area contributed by atoms with Crippen molar-refractivity contribution in [3.8, 4) is 0 Å². The van der Waals surface area contributed by atoms with Crippen LogP contribution in [0, 0.1) is 19.8 Å². The zero-order valence-electron chi connectivity index (χ0n) is 15.9. The number of para-hydroxylation sites is 1. The fourth-order valence-corrected chi connectivity index (χ4v) is 3.38. The number of anilines is 2. The molecule has 2 amide bonds. The highest BCUT2D eigenvalue weighted by Gasteiger charge is 2.35. The van der Waals surface area contributed by atoms with Crippen molar-refractivity contribution in [3.63, 3.8) is 0 Å². The van der Waals surface area contributed by atoms with E-state index in [-0.39, 0.29) is 24.2 Å². The Bertz CT molecular complexity index is 842. The second kappa shape index (κ2) is 7.32. The summed E-state index contributed by atoms with van der Waals surface area (Å²) >= 11 is 0. The van der Waals surface area contributed by atoms with Crippen LogP contribution in [0.3, 0.4) is 0 Å². The van der Waals surface area contributed by atoms with Crippen LogP contribution in [0.5, 0.6) is 0 Å². The lowest BCUT2D eigenvalue weighted by Crippen LogP contribution is -2.28. The summed E-state index contributed by atoms with van der Waals surface area (Å²) in [6.07, 6.45) is 0.253. The maximum Gasteiger partial charge on any atom is 0.229 e. The van der Waals surface area contributed by atoms with E-state index in [1.54, 1.807) is 4.90 Å². The smallest absolute Gasteiger partial charge is 0.229 e. The van der Waals surface area contributed by atoms with Crippen molar-refractivity contribution in [1.82, 2.24) is 0 Å². The SMILES string of the molecule is Cc1ccc(N2CC(C(=O)Nc3ccccc3C(C)C)CC2=O)cc1C. The third-order valence-electron chi connectivity index (χ3n) is 5.14. The van der Waals surface area contributed by atoms with E-state index in [1.165, 1.54) is 5.56 Å². The van der Waals surface area contributed by atoms with Crippen LogP contribution >= 0.6 is 0 Å². The van der Waals surface area contributed by atoms with Crippen molar-refractivity contribution in [3.05, 3.63) is 59.2 Å². The first-order valence-corrected chi connectivity index (χ1v) is 9.14. The first-order valence-electron chi connectivity index (χ1n) is 9.14. The molecule has 1 N–H and O–H groups in total. The van der Waals surface area contributed by atoms with Crippen LogP contribution in [-0.4, -0.2) is 18.4 Å². The van der Waals surface area contributed by atoms with Gasteiger partial charge in [0.1, 0.15) is 0 Å². The number of rotatable bonds is 4. The molecule has 1 unspecified atom stereocenters. The molecule has 1 saturated heterocycles. The Morgan fingerprint density at radius 3 is 2.54 bits per heavy atom. The van der Waals surface area contributed by atoms with E-state index in [0.717, 1.165) is 22.5 Å². The summed E-state index contributed by atoms with van der Waals surface area (Å²) in [6, 6.07) is 13.8. The monoisotopic (exact) mass is 350 g/mol. The van der Waals surface area contributed by atoms with Gasteiger partial charge in [-0.25, -0.2) is 0 Å². The maximum atomic E-state index is 12.7. The fraction of sp³-hybridized carbons (Fsp3) is 0.364. The molecule has 1 atom stereocenters. The molecule has 0 bridgehead atoms. The molecular weight excluding hydrogens is 324 g/mol. The number of carbonyl (C=O) groups is 2. The van der Waals surface area contributed by atoms with Gasteiger partial charge in [-0.2, -0.15) is 0 Å². The first kappa shape index (κ1) is 18.2. The van der Waals surface area contributed by atoms with Crippen molar-refractivity contribution in [2.45, 2.75) is 40.0 Å². The lowest BCUT2D eigenvalue weighted by atomic mass is 10.0. The molecule has 3 rings (SSSR count). The zero-order chi connectivity index (χ0) is 18.8. The van der Waals surface area contributed by atoms with Crippen LogP contribution in [0.1, 0.15) is 42.9 Å². The minimum atomic E-state index is -0.329. The number of hydrogen-bond donors (Lipinski definition) is 1. The van der Waals surface area contributed by atoms with Gasteiger partial charge in [-0.1, -0.05) is 38.1 Å². The third kappa shape index (κ3) is 3.64. The largest absolute Gasteiger partial charge is 0.326 e. The molecule has 136 valence electrons. The molecule has 1 aliphatic rings. The Kier molecular flexibility index (Phi) is 5.12. The van der Waals surface area contributed by atoms with Crippen molar-refractivity contribution < 1.29 is 9.59 Å². The topological polar surface area (TPSA) is 49.4 Å². The lowest BCUT2D eigenvalue weighted by Gasteiger charge is -2.19. The van der Waals surface area contributed by atoms with Crippen molar-refractivity contribution >= 4 is 23.2 Å². The maximum absolute atomic E-state index is 12.7. The molecule has 2 aromatic carbocycles. The molecule has 2 aromatic rings. The third-order valence-corrected chi connectivity index (χ3v) is 5.14. The number of hydrogen-bond acceptors (Lipinski definition) is 2. The number of amides is 2. The van der Waals surface area contributed by atoms with Crippen LogP contribution in [-0.2, 0) is 9.59 Å². The van der Waals surface area contributed by atoms with Crippen LogP contribution in [0.25, 0.3) is 0 Å². The molecule has 4 nitrogen and oxygen atoms in total. The van der Waals surface area contributed by atoms with Crippen LogP contribution < -0.4 is 10.2 Å². The van der Waals surface area contributed by atoms with E-state index in [2.05, 4.69) is 19.2 Å². The van der Waals surface area contributed by atoms with E-state index in [0.29, 0.717) is 12.5 Å². The number of aryl methyl sites for hydroxylation is 2. The molecule has 1 fully saturated rings.